The van der Waals surface area contributed by atoms with E-state index in [2.05, 4.69) is 5.32 Å². The number of nitrogens with one attached hydrogen (secondary N) is 1. The Bertz CT molecular complexity index is 1040. The number of halogens is 1. The van der Waals surface area contributed by atoms with Gasteiger partial charge < -0.3 is 19.4 Å². The smallest absolute Gasteiger partial charge is 0.298 e. The van der Waals surface area contributed by atoms with E-state index in [0.717, 1.165) is 11.1 Å². The summed E-state index contributed by atoms with van der Waals surface area (Å²) in [7, 11) is 2.93. The largest absolute Gasteiger partial charge is 0.495 e. The quantitative estimate of drug-likeness (QED) is 0.463. The molecule has 0 radical (unpaired) electrons. The van der Waals surface area contributed by atoms with Crippen molar-refractivity contribution in [2.75, 3.05) is 19.5 Å². The second kappa shape index (κ2) is 8.84. The van der Waals surface area contributed by atoms with E-state index in [1.165, 1.54) is 20.3 Å². The first kappa shape index (κ1) is 20.5. The fraction of sp³-hybridized carbons (Fsp3) is 0.182. The van der Waals surface area contributed by atoms with Crippen LogP contribution in [0.5, 0.6) is 11.5 Å². The van der Waals surface area contributed by atoms with Gasteiger partial charge >= 0.3 is 0 Å². The van der Waals surface area contributed by atoms with E-state index >= 15 is 0 Å². The number of rotatable bonds is 7. The van der Waals surface area contributed by atoms with Crippen LogP contribution in [0.1, 0.15) is 21.6 Å². The maximum atomic E-state index is 12.8. The van der Waals surface area contributed by atoms with Crippen molar-refractivity contribution < 1.29 is 19.1 Å². The molecule has 6 nitrogen and oxygen atoms in total. The van der Waals surface area contributed by atoms with E-state index in [1.54, 1.807) is 29.0 Å². The van der Waals surface area contributed by atoms with Gasteiger partial charge in [0.25, 0.3) is 11.7 Å². The molecule has 0 aliphatic carbocycles. The lowest BCUT2D eigenvalue weighted by atomic mass is 10.1. The molecule has 1 heterocycles. The number of hydrogen-bond acceptors (Lipinski definition) is 4. The Morgan fingerprint density at radius 1 is 1.03 bits per heavy atom. The number of Topliss-reactive ketones (excluding diaryl/α,β-unsaturated/α-hetero) is 1. The number of methoxy groups -OCH3 is 2. The molecule has 0 spiro atoms. The monoisotopic (exact) mass is 412 g/mol. The normalized spacial score (nSPS) is 10.5. The molecule has 0 unspecified atom stereocenters. The summed E-state index contributed by atoms with van der Waals surface area (Å²) in [4.78, 5) is 25.3. The first-order chi connectivity index (χ1) is 13.9. The van der Waals surface area contributed by atoms with Gasteiger partial charge in [-0.05, 0) is 30.7 Å². The number of nitrogens with zero attached hydrogens (tertiary/aromatic N) is 1. The van der Waals surface area contributed by atoms with E-state index in [0.29, 0.717) is 28.8 Å². The minimum absolute atomic E-state index is 0.285. The van der Waals surface area contributed by atoms with Crippen LogP contribution in [0, 0.1) is 6.92 Å². The van der Waals surface area contributed by atoms with Crippen LogP contribution in [0.15, 0.2) is 54.7 Å². The summed E-state index contributed by atoms with van der Waals surface area (Å²) in [6.07, 6.45) is 1.77. The third-order valence-electron chi connectivity index (χ3n) is 4.46. The Morgan fingerprint density at radius 3 is 2.38 bits per heavy atom. The van der Waals surface area contributed by atoms with Gasteiger partial charge in [0.05, 0.1) is 30.6 Å². The van der Waals surface area contributed by atoms with Gasteiger partial charge in [-0.1, -0.05) is 41.4 Å². The fourth-order valence-electron chi connectivity index (χ4n) is 2.90. The molecular weight excluding hydrogens is 392 g/mol. The summed E-state index contributed by atoms with van der Waals surface area (Å²) in [5.74, 6) is -0.702. The molecule has 0 bridgehead atoms. The molecular formula is C22H21ClN2O4. The van der Waals surface area contributed by atoms with Crippen LogP contribution >= 0.6 is 11.6 Å². The van der Waals surface area contributed by atoms with E-state index in [-0.39, 0.29) is 5.69 Å². The Hall–Kier alpha value is -3.25. The van der Waals surface area contributed by atoms with Crippen LogP contribution in [0.3, 0.4) is 0 Å². The predicted molar refractivity (Wildman–Crippen MR) is 112 cm³/mol. The molecule has 0 atom stereocenters. The van der Waals surface area contributed by atoms with Crippen molar-refractivity contribution in [1.82, 2.24) is 4.57 Å². The molecule has 1 amide bonds. The maximum Gasteiger partial charge on any atom is 0.298 e. The number of aromatic nitrogens is 1. The van der Waals surface area contributed by atoms with Crippen molar-refractivity contribution in [3.8, 4) is 11.5 Å². The van der Waals surface area contributed by atoms with Gasteiger partial charge in [-0.25, -0.2) is 0 Å². The van der Waals surface area contributed by atoms with E-state index in [9.17, 15) is 9.59 Å². The lowest BCUT2D eigenvalue weighted by Crippen LogP contribution is -2.25. The minimum atomic E-state index is -0.784. The summed E-state index contributed by atoms with van der Waals surface area (Å²) in [6.45, 7) is 2.50. The van der Waals surface area contributed by atoms with Gasteiger partial charge in [-0.15, -0.1) is 0 Å². The topological polar surface area (TPSA) is 69.6 Å². The maximum absolute atomic E-state index is 12.8. The van der Waals surface area contributed by atoms with E-state index in [1.807, 2.05) is 31.2 Å². The van der Waals surface area contributed by atoms with Crippen molar-refractivity contribution in [3.05, 3.63) is 76.6 Å². The second-order valence-corrected chi connectivity index (χ2v) is 6.88. The van der Waals surface area contributed by atoms with Gasteiger partial charge in [-0.2, -0.15) is 0 Å². The van der Waals surface area contributed by atoms with Crippen molar-refractivity contribution >= 4 is 29.0 Å². The van der Waals surface area contributed by atoms with Gasteiger partial charge in [-0.3, -0.25) is 9.59 Å². The third-order valence-corrected chi connectivity index (χ3v) is 4.76. The summed E-state index contributed by atoms with van der Waals surface area (Å²) in [5.41, 5.74) is 2.77. The highest BCUT2D eigenvalue weighted by molar-refractivity contribution is 6.46. The zero-order valence-corrected chi connectivity index (χ0v) is 17.1. The van der Waals surface area contributed by atoms with Gasteiger partial charge in [0.15, 0.2) is 0 Å². The average Bonchev–Trinajstić information content (AvgIpc) is 3.17. The number of carbonyl (C=O) groups is 2. The van der Waals surface area contributed by atoms with Crippen LogP contribution in [-0.4, -0.2) is 30.5 Å². The van der Waals surface area contributed by atoms with Gasteiger partial charge in [0, 0.05) is 18.8 Å². The van der Waals surface area contributed by atoms with Gasteiger partial charge in [0.1, 0.15) is 11.5 Å². The highest BCUT2D eigenvalue weighted by atomic mass is 35.5. The predicted octanol–water partition coefficient (Wildman–Crippen LogP) is 4.34. The molecule has 0 aliphatic heterocycles. The summed E-state index contributed by atoms with van der Waals surface area (Å²) >= 11 is 6.13. The van der Waals surface area contributed by atoms with Crippen LogP contribution in [0.4, 0.5) is 5.69 Å². The number of anilines is 1. The number of aryl methyl sites for hydroxylation is 1. The van der Waals surface area contributed by atoms with Crippen molar-refractivity contribution in [2.45, 2.75) is 13.5 Å². The molecule has 1 aromatic heterocycles. The first-order valence-electron chi connectivity index (χ1n) is 8.90. The lowest BCUT2D eigenvalue weighted by molar-refractivity contribution is -0.112. The number of amides is 1. The molecule has 0 saturated heterocycles. The van der Waals surface area contributed by atoms with Crippen molar-refractivity contribution in [3.63, 3.8) is 0 Å². The molecule has 29 heavy (non-hydrogen) atoms. The second-order valence-electron chi connectivity index (χ2n) is 6.48. The third kappa shape index (κ3) is 4.60. The lowest BCUT2D eigenvalue weighted by Gasteiger charge is -2.13. The van der Waals surface area contributed by atoms with Crippen LogP contribution in [0.2, 0.25) is 5.02 Å². The molecule has 0 aliphatic rings. The highest BCUT2D eigenvalue weighted by Gasteiger charge is 2.22. The summed E-state index contributed by atoms with van der Waals surface area (Å²) < 4.78 is 12.1. The fourth-order valence-corrected chi connectivity index (χ4v) is 3.14. The number of ether oxygens (including phenoxy) is 2. The SMILES string of the molecule is COc1cc(OC)c(NC(=O)C(=O)c2cccn2Cc2ccc(C)cc2)cc1Cl. The molecule has 3 aromatic rings. The molecule has 3 rings (SSSR count). The Kier molecular flexibility index (Phi) is 6.24. The first-order valence-corrected chi connectivity index (χ1v) is 9.28. The Morgan fingerprint density at radius 2 is 1.72 bits per heavy atom. The number of benzene rings is 2. The van der Waals surface area contributed by atoms with Crippen LogP contribution in [-0.2, 0) is 11.3 Å². The molecule has 150 valence electrons. The molecule has 0 saturated carbocycles. The highest BCUT2D eigenvalue weighted by Crippen LogP contribution is 2.35. The van der Waals surface area contributed by atoms with Crippen molar-refractivity contribution in [2.24, 2.45) is 0 Å². The van der Waals surface area contributed by atoms with Crippen LogP contribution < -0.4 is 14.8 Å². The Labute approximate surface area is 174 Å². The standard InChI is InChI=1S/C22H21ClN2O4/c1-14-6-8-15(9-7-14)13-25-10-4-5-18(25)21(26)22(27)24-17-11-16(23)19(28-2)12-20(17)29-3/h4-12H,13H2,1-3H3,(H,24,27). The Balaban J connectivity index is 1.80. The minimum Gasteiger partial charge on any atom is -0.495 e. The molecule has 2 aromatic carbocycles. The number of ketones is 1. The van der Waals surface area contributed by atoms with Gasteiger partial charge in [0.2, 0.25) is 0 Å². The van der Waals surface area contributed by atoms with E-state index < -0.39 is 11.7 Å². The molecule has 0 fully saturated rings. The zero-order chi connectivity index (χ0) is 21.0. The van der Waals surface area contributed by atoms with Crippen LogP contribution in [0.25, 0.3) is 0 Å². The molecule has 7 heteroatoms. The number of carbonyl (C=O) groups excluding carboxylic acids is 2. The molecule has 1 N–H and O–H groups in total. The van der Waals surface area contributed by atoms with E-state index in [4.69, 9.17) is 21.1 Å². The summed E-state index contributed by atoms with van der Waals surface area (Å²) in [5, 5.41) is 2.86. The number of hydrogen-bond donors (Lipinski definition) is 1. The summed E-state index contributed by atoms with van der Waals surface area (Å²) in [6, 6.07) is 14.4. The van der Waals surface area contributed by atoms with Crippen molar-refractivity contribution in [1.29, 1.82) is 0 Å². The zero-order valence-electron chi connectivity index (χ0n) is 16.4. The average molecular weight is 413 g/mol.